The number of nitrogens with two attached hydrogens (primary N) is 1. The molecule has 1 aromatic rings. The van der Waals surface area contributed by atoms with Gasteiger partial charge in [0.15, 0.2) is 0 Å². The lowest BCUT2D eigenvalue weighted by molar-refractivity contribution is 0.187. The largest absolute Gasteiger partial charge is 0.408 e. The molecular weight excluding hydrogens is 196 g/mol. The third-order valence-corrected chi connectivity index (χ3v) is 2.39. The Bertz CT molecular complexity index is 296. The quantitative estimate of drug-likeness (QED) is 0.715. The standard InChI is InChI=1S/C9H16N4O2/c10-3-1-8-12-13-9(15-8)11-5-7-2-4-14-6-7/h7H,1-6,10H2,(H,11,13). The average Bonchev–Trinajstić information content (AvgIpc) is 2.85. The number of hydrogen-bond acceptors (Lipinski definition) is 6. The number of rotatable bonds is 5. The fraction of sp³-hybridized carbons (Fsp3) is 0.778. The van der Waals surface area contributed by atoms with Crippen molar-refractivity contribution >= 4 is 6.01 Å². The molecule has 2 rings (SSSR count). The van der Waals surface area contributed by atoms with Crippen molar-refractivity contribution < 1.29 is 9.15 Å². The summed E-state index contributed by atoms with van der Waals surface area (Å²) in [4.78, 5) is 0. The van der Waals surface area contributed by atoms with E-state index in [1.54, 1.807) is 0 Å². The molecule has 0 amide bonds. The van der Waals surface area contributed by atoms with Crippen molar-refractivity contribution in [2.75, 3.05) is 31.6 Å². The fourth-order valence-corrected chi connectivity index (χ4v) is 1.53. The van der Waals surface area contributed by atoms with E-state index < -0.39 is 0 Å². The van der Waals surface area contributed by atoms with Gasteiger partial charge in [-0.15, -0.1) is 5.10 Å². The van der Waals surface area contributed by atoms with Gasteiger partial charge < -0.3 is 20.2 Å². The number of ether oxygens (including phenoxy) is 1. The monoisotopic (exact) mass is 212 g/mol. The van der Waals surface area contributed by atoms with E-state index in [4.69, 9.17) is 14.9 Å². The Kier molecular flexibility index (Phi) is 3.52. The van der Waals surface area contributed by atoms with Crippen molar-refractivity contribution in [3.63, 3.8) is 0 Å². The highest BCUT2D eigenvalue weighted by molar-refractivity contribution is 5.17. The lowest BCUT2D eigenvalue weighted by atomic mass is 10.1. The number of anilines is 1. The summed E-state index contributed by atoms with van der Waals surface area (Å²) in [5.41, 5.74) is 5.38. The molecule has 6 nitrogen and oxygen atoms in total. The van der Waals surface area contributed by atoms with Crippen LogP contribution >= 0.6 is 0 Å². The molecule has 0 aliphatic carbocycles. The lowest BCUT2D eigenvalue weighted by Gasteiger charge is -2.05. The Labute approximate surface area is 88.2 Å². The van der Waals surface area contributed by atoms with Gasteiger partial charge >= 0.3 is 6.01 Å². The zero-order valence-electron chi connectivity index (χ0n) is 8.61. The summed E-state index contributed by atoms with van der Waals surface area (Å²) in [5.74, 6) is 1.14. The highest BCUT2D eigenvalue weighted by atomic mass is 16.5. The smallest absolute Gasteiger partial charge is 0.315 e. The van der Waals surface area contributed by atoms with Crippen molar-refractivity contribution in [3.8, 4) is 0 Å². The van der Waals surface area contributed by atoms with Crippen molar-refractivity contribution in [2.24, 2.45) is 11.7 Å². The van der Waals surface area contributed by atoms with Gasteiger partial charge in [0, 0.05) is 32.0 Å². The zero-order valence-corrected chi connectivity index (χ0v) is 8.61. The molecule has 0 radical (unpaired) electrons. The van der Waals surface area contributed by atoms with Crippen molar-refractivity contribution in [3.05, 3.63) is 5.89 Å². The van der Waals surface area contributed by atoms with Crippen LogP contribution in [0.15, 0.2) is 4.42 Å². The molecule has 84 valence electrons. The van der Waals surface area contributed by atoms with Crippen LogP contribution in [0.4, 0.5) is 6.01 Å². The SMILES string of the molecule is NCCc1nnc(NCC2CCOC2)o1. The van der Waals surface area contributed by atoms with Crippen molar-refractivity contribution in [1.82, 2.24) is 10.2 Å². The maximum atomic E-state index is 5.38. The first-order valence-corrected chi connectivity index (χ1v) is 5.22. The Morgan fingerprint density at radius 3 is 3.13 bits per heavy atom. The second-order valence-corrected chi connectivity index (χ2v) is 3.65. The summed E-state index contributed by atoms with van der Waals surface area (Å²) in [7, 11) is 0. The van der Waals surface area contributed by atoms with Gasteiger partial charge in [-0.3, -0.25) is 0 Å². The average molecular weight is 212 g/mol. The summed E-state index contributed by atoms with van der Waals surface area (Å²) in [6, 6.07) is 0.477. The van der Waals surface area contributed by atoms with Crippen LogP contribution in [0.5, 0.6) is 0 Å². The van der Waals surface area contributed by atoms with Gasteiger partial charge in [-0.1, -0.05) is 5.10 Å². The van der Waals surface area contributed by atoms with E-state index in [1.807, 2.05) is 0 Å². The third kappa shape index (κ3) is 2.90. The minimum atomic E-state index is 0.477. The molecule has 1 fully saturated rings. The third-order valence-electron chi connectivity index (χ3n) is 2.39. The van der Waals surface area contributed by atoms with Gasteiger partial charge in [-0.2, -0.15) is 0 Å². The van der Waals surface area contributed by atoms with E-state index >= 15 is 0 Å². The van der Waals surface area contributed by atoms with Gasteiger partial charge in [0.1, 0.15) is 0 Å². The van der Waals surface area contributed by atoms with E-state index in [-0.39, 0.29) is 0 Å². The molecular formula is C9H16N4O2. The van der Waals surface area contributed by atoms with Crippen LogP contribution in [-0.4, -0.2) is 36.5 Å². The molecule has 3 N–H and O–H groups in total. The molecule has 15 heavy (non-hydrogen) atoms. The number of hydrogen-bond donors (Lipinski definition) is 2. The molecule has 2 heterocycles. The van der Waals surface area contributed by atoms with Crippen LogP contribution < -0.4 is 11.1 Å². The van der Waals surface area contributed by atoms with E-state index in [0.717, 1.165) is 26.2 Å². The highest BCUT2D eigenvalue weighted by Crippen LogP contribution is 2.13. The minimum absolute atomic E-state index is 0.477. The molecule has 0 saturated carbocycles. The second kappa shape index (κ2) is 5.09. The molecule has 1 aliphatic rings. The topological polar surface area (TPSA) is 86.2 Å². The van der Waals surface area contributed by atoms with E-state index in [1.165, 1.54) is 0 Å². The summed E-state index contributed by atoms with van der Waals surface area (Å²) in [5, 5.41) is 10.8. The van der Waals surface area contributed by atoms with Crippen molar-refractivity contribution in [1.29, 1.82) is 0 Å². The van der Waals surface area contributed by atoms with E-state index in [0.29, 0.717) is 30.8 Å². The molecule has 1 atom stereocenters. The van der Waals surface area contributed by atoms with Gasteiger partial charge in [0.25, 0.3) is 0 Å². The predicted molar refractivity (Wildman–Crippen MR) is 54.5 cm³/mol. The number of nitrogens with one attached hydrogen (secondary N) is 1. The van der Waals surface area contributed by atoms with Crippen LogP contribution in [0.25, 0.3) is 0 Å². The van der Waals surface area contributed by atoms with Crippen LogP contribution in [0.3, 0.4) is 0 Å². The first-order chi connectivity index (χ1) is 7.38. The Balaban J connectivity index is 1.77. The molecule has 6 heteroatoms. The first-order valence-electron chi connectivity index (χ1n) is 5.22. The summed E-state index contributed by atoms with van der Waals surface area (Å²) in [6.45, 7) is 3.02. The Morgan fingerprint density at radius 2 is 2.40 bits per heavy atom. The molecule has 0 spiro atoms. The normalized spacial score (nSPS) is 20.7. The Morgan fingerprint density at radius 1 is 1.47 bits per heavy atom. The summed E-state index contributed by atoms with van der Waals surface area (Å²) in [6.07, 6.45) is 1.72. The van der Waals surface area contributed by atoms with Gasteiger partial charge in [-0.25, -0.2) is 0 Å². The number of aromatic nitrogens is 2. The maximum Gasteiger partial charge on any atom is 0.315 e. The molecule has 0 bridgehead atoms. The maximum absolute atomic E-state index is 5.38. The van der Waals surface area contributed by atoms with Crippen LogP contribution in [0.1, 0.15) is 12.3 Å². The van der Waals surface area contributed by atoms with Crippen LogP contribution in [0, 0.1) is 5.92 Å². The fourth-order valence-electron chi connectivity index (χ4n) is 1.53. The van der Waals surface area contributed by atoms with Crippen molar-refractivity contribution in [2.45, 2.75) is 12.8 Å². The molecule has 1 saturated heterocycles. The first kappa shape index (κ1) is 10.4. The van der Waals surface area contributed by atoms with Crippen LogP contribution in [-0.2, 0) is 11.2 Å². The Hall–Kier alpha value is -1.14. The van der Waals surface area contributed by atoms with Gasteiger partial charge in [0.05, 0.1) is 6.61 Å². The van der Waals surface area contributed by atoms with Crippen LogP contribution in [0.2, 0.25) is 0 Å². The molecule has 1 aliphatic heterocycles. The molecule has 1 unspecified atom stereocenters. The summed E-state index contributed by atoms with van der Waals surface area (Å²) >= 11 is 0. The number of nitrogens with zero attached hydrogens (tertiary/aromatic N) is 2. The second-order valence-electron chi connectivity index (χ2n) is 3.65. The summed E-state index contributed by atoms with van der Waals surface area (Å²) < 4.78 is 10.6. The van der Waals surface area contributed by atoms with E-state index in [9.17, 15) is 0 Å². The minimum Gasteiger partial charge on any atom is -0.408 e. The molecule has 0 aromatic carbocycles. The molecule has 1 aromatic heterocycles. The van der Waals surface area contributed by atoms with Gasteiger partial charge in [0.2, 0.25) is 5.89 Å². The van der Waals surface area contributed by atoms with Gasteiger partial charge in [-0.05, 0) is 6.42 Å². The zero-order chi connectivity index (χ0) is 10.5. The van der Waals surface area contributed by atoms with E-state index in [2.05, 4.69) is 15.5 Å². The lowest BCUT2D eigenvalue weighted by Crippen LogP contribution is -2.14. The highest BCUT2D eigenvalue weighted by Gasteiger charge is 2.16. The predicted octanol–water partition coefficient (Wildman–Crippen LogP) is 0.0192.